The van der Waals surface area contributed by atoms with E-state index in [1.165, 1.54) is 11.3 Å². The lowest BCUT2D eigenvalue weighted by molar-refractivity contribution is 0.580. The van der Waals surface area contributed by atoms with Gasteiger partial charge in [-0.15, -0.1) is 11.3 Å². The molecule has 114 valence electrons. The Balaban J connectivity index is 2.27. The topological polar surface area (TPSA) is 58.2 Å². The Bertz CT molecular complexity index is 731. The minimum Gasteiger partial charge on any atom is -0.388 e. The van der Waals surface area contributed by atoms with Crippen LogP contribution < -0.4 is 10.0 Å². The van der Waals surface area contributed by atoms with Gasteiger partial charge in [0.25, 0.3) is 0 Å². The Morgan fingerprint density at radius 1 is 1.19 bits per heavy atom. The van der Waals surface area contributed by atoms with Crippen LogP contribution in [0.15, 0.2) is 29.2 Å². The lowest BCUT2D eigenvalue weighted by Gasteiger charge is -2.13. The zero-order valence-corrected chi connectivity index (χ0v) is 14.4. The van der Waals surface area contributed by atoms with Crippen LogP contribution in [0.1, 0.15) is 16.0 Å². The second kappa shape index (κ2) is 6.36. The van der Waals surface area contributed by atoms with E-state index in [2.05, 4.69) is 10.0 Å². The molecule has 0 amide bonds. The van der Waals surface area contributed by atoms with Crippen LogP contribution in [0.5, 0.6) is 0 Å². The minimum absolute atomic E-state index is 0.242. The molecule has 0 aliphatic carbocycles. The number of sulfonamides is 1. The first-order chi connectivity index (χ1) is 9.83. The van der Waals surface area contributed by atoms with Crippen LogP contribution >= 0.6 is 22.9 Å². The van der Waals surface area contributed by atoms with Crippen LogP contribution in [0, 0.1) is 13.8 Å². The van der Waals surface area contributed by atoms with Crippen molar-refractivity contribution in [1.29, 1.82) is 0 Å². The van der Waals surface area contributed by atoms with E-state index in [1.807, 2.05) is 18.2 Å². The fourth-order valence-electron chi connectivity index (χ4n) is 2.20. The maximum Gasteiger partial charge on any atom is 0.241 e. The zero-order valence-electron chi connectivity index (χ0n) is 12.0. The van der Waals surface area contributed by atoms with E-state index < -0.39 is 10.0 Å². The average Bonchev–Trinajstić information content (AvgIpc) is 2.81. The van der Waals surface area contributed by atoms with Crippen LogP contribution in [-0.4, -0.2) is 15.5 Å². The van der Waals surface area contributed by atoms with Gasteiger partial charge in [0.2, 0.25) is 10.0 Å². The molecular formula is C14H17ClN2O2S2. The van der Waals surface area contributed by atoms with Gasteiger partial charge in [0.05, 0.1) is 9.23 Å². The van der Waals surface area contributed by atoms with Crippen molar-refractivity contribution in [2.24, 2.45) is 0 Å². The predicted octanol–water partition coefficient (Wildman–Crippen LogP) is 3.54. The molecule has 1 aromatic carbocycles. The van der Waals surface area contributed by atoms with Crippen molar-refractivity contribution in [3.8, 4) is 0 Å². The van der Waals surface area contributed by atoms with Gasteiger partial charge in [0.1, 0.15) is 0 Å². The molecule has 2 rings (SSSR count). The third-order valence-corrected chi connectivity index (χ3v) is 6.02. The number of rotatable bonds is 5. The summed E-state index contributed by atoms with van der Waals surface area (Å²) in [6.07, 6.45) is 0. The fraction of sp³-hybridized carbons (Fsp3) is 0.286. The first-order valence-electron chi connectivity index (χ1n) is 6.36. The second-order valence-corrected chi connectivity index (χ2v) is 8.22. The Morgan fingerprint density at radius 3 is 2.29 bits per heavy atom. The molecule has 0 saturated heterocycles. The van der Waals surface area contributed by atoms with Gasteiger partial charge in [-0.1, -0.05) is 11.6 Å². The summed E-state index contributed by atoms with van der Waals surface area (Å²) in [6.45, 7) is 3.83. The summed E-state index contributed by atoms with van der Waals surface area (Å²) in [4.78, 5) is 1.22. The van der Waals surface area contributed by atoms with Gasteiger partial charge in [-0.05, 0) is 49.2 Å². The number of benzene rings is 1. The van der Waals surface area contributed by atoms with E-state index in [0.29, 0.717) is 9.23 Å². The third kappa shape index (κ3) is 3.77. The Labute approximate surface area is 134 Å². The SMILES string of the molecule is CNc1cc(C)c(S(=O)(=O)NCc2ccc(Cl)s2)c(C)c1. The lowest BCUT2D eigenvalue weighted by Crippen LogP contribution is -2.24. The van der Waals surface area contributed by atoms with E-state index in [4.69, 9.17) is 11.6 Å². The summed E-state index contributed by atoms with van der Waals surface area (Å²) >= 11 is 7.21. The average molecular weight is 345 g/mol. The minimum atomic E-state index is -3.55. The third-order valence-electron chi connectivity index (χ3n) is 3.08. The number of halogens is 1. The number of nitrogens with one attached hydrogen (secondary N) is 2. The summed E-state index contributed by atoms with van der Waals surface area (Å²) in [5.41, 5.74) is 2.33. The highest BCUT2D eigenvalue weighted by molar-refractivity contribution is 7.89. The Morgan fingerprint density at radius 2 is 1.81 bits per heavy atom. The molecule has 2 aromatic rings. The van der Waals surface area contributed by atoms with Crippen LogP contribution in [-0.2, 0) is 16.6 Å². The van der Waals surface area contributed by atoms with Crippen LogP contribution in [0.25, 0.3) is 0 Å². The molecule has 1 aromatic heterocycles. The molecule has 0 fully saturated rings. The van der Waals surface area contributed by atoms with Gasteiger partial charge >= 0.3 is 0 Å². The Kier molecular flexibility index (Phi) is 4.93. The van der Waals surface area contributed by atoms with Gasteiger partial charge in [-0.2, -0.15) is 0 Å². The largest absolute Gasteiger partial charge is 0.388 e. The normalized spacial score (nSPS) is 11.6. The molecule has 0 bridgehead atoms. The second-order valence-electron chi connectivity index (χ2n) is 4.72. The molecule has 0 unspecified atom stereocenters. The van der Waals surface area contributed by atoms with E-state index in [9.17, 15) is 8.42 Å². The van der Waals surface area contributed by atoms with E-state index in [-0.39, 0.29) is 6.54 Å². The van der Waals surface area contributed by atoms with Crippen LogP contribution in [0.2, 0.25) is 4.34 Å². The molecule has 4 nitrogen and oxygen atoms in total. The van der Waals surface area contributed by atoms with Crippen molar-refractivity contribution >= 4 is 38.6 Å². The van der Waals surface area contributed by atoms with Gasteiger partial charge < -0.3 is 5.32 Å². The summed E-state index contributed by atoms with van der Waals surface area (Å²) in [6, 6.07) is 7.22. The number of aryl methyl sites for hydroxylation is 2. The summed E-state index contributed by atoms with van der Waals surface area (Å²) in [5.74, 6) is 0. The zero-order chi connectivity index (χ0) is 15.6. The maximum absolute atomic E-state index is 12.5. The van der Waals surface area contributed by atoms with Gasteiger partial charge in [-0.25, -0.2) is 13.1 Å². The van der Waals surface area contributed by atoms with Crippen LogP contribution in [0.4, 0.5) is 5.69 Å². The van der Waals surface area contributed by atoms with Gasteiger partial charge in [-0.3, -0.25) is 0 Å². The molecule has 21 heavy (non-hydrogen) atoms. The van der Waals surface area contributed by atoms with Gasteiger partial charge in [0.15, 0.2) is 0 Å². The van der Waals surface area contributed by atoms with E-state index in [1.54, 1.807) is 27.0 Å². The van der Waals surface area contributed by atoms with Crippen molar-refractivity contribution < 1.29 is 8.42 Å². The summed E-state index contributed by atoms with van der Waals surface area (Å²) in [5, 5.41) is 3.02. The fourth-order valence-corrected chi connectivity index (χ4v) is 4.78. The monoisotopic (exact) mass is 344 g/mol. The Hall–Kier alpha value is -1.08. The number of thiophene rings is 1. The number of hydrogen-bond acceptors (Lipinski definition) is 4. The smallest absolute Gasteiger partial charge is 0.241 e. The van der Waals surface area contributed by atoms with Crippen LogP contribution in [0.3, 0.4) is 0 Å². The van der Waals surface area contributed by atoms with Gasteiger partial charge in [0, 0.05) is 24.2 Å². The molecular weight excluding hydrogens is 328 g/mol. The number of anilines is 1. The molecule has 2 N–H and O–H groups in total. The first-order valence-corrected chi connectivity index (χ1v) is 9.04. The highest BCUT2D eigenvalue weighted by Crippen LogP contribution is 2.25. The highest BCUT2D eigenvalue weighted by Gasteiger charge is 2.20. The molecule has 0 saturated carbocycles. The number of hydrogen-bond donors (Lipinski definition) is 2. The molecule has 0 spiro atoms. The van der Waals surface area contributed by atoms with Crippen molar-refractivity contribution in [1.82, 2.24) is 4.72 Å². The molecule has 0 atom stereocenters. The van der Waals surface area contributed by atoms with Crippen molar-refractivity contribution in [2.45, 2.75) is 25.3 Å². The molecule has 0 radical (unpaired) electrons. The summed E-state index contributed by atoms with van der Waals surface area (Å²) < 4.78 is 28.3. The van der Waals surface area contributed by atoms with E-state index in [0.717, 1.165) is 21.7 Å². The lowest BCUT2D eigenvalue weighted by atomic mass is 10.1. The van der Waals surface area contributed by atoms with Crippen molar-refractivity contribution in [3.05, 3.63) is 44.6 Å². The summed E-state index contributed by atoms with van der Waals surface area (Å²) in [7, 11) is -1.74. The molecule has 0 aliphatic rings. The van der Waals surface area contributed by atoms with E-state index >= 15 is 0 Å². The molecule has 1 heterocycles. The highest BCUT2D eigenvalue weighted by atomic mass is 35.5. The van der Waals surface area contributed by atoms with Crippen molar-refractivity contribution in [3.63, 3.8) is 0 Å². The first kappa shape index (κ1) is 16.3. The van der Waals surface area contributed by atoms with Crippen molar-refractivity contribution in [2.75, 3.05) is 12.4 Å². The standard InChI is InChI=1S/C14H17ClN2O2S2/c1-9-6-11(16-3)7-10(2)14(9)21(18,19)17-8-12-4-5-13(15)20-12/h4-7,16-17H,8H2,1-3H3. The predicted molar refractivity (Wildman–Crippen MR) is 88.8 cm³/mol. The maximum atomic E-state index is 12.5. The quantitative estimate of drug-likeness (QED) is 0.872. The molecule has 0 aliphatic heterocycles. The molecule has 7 heteroatoms.